The lowest BCUT2D eigenvalue weighted by molar-refractivity contribution is 0.401. The van der Waals surface area contributed by atoms with Gasteiger partial charge in [0, 0.05) is 6.04 Å². The molecule has 0 bridgehead atoms. The van der Waals surface area contributed by atoms with Crippen molar-refractivity contribution in [1.29, 1.82) is 0 Å². The first-order chi connectivity index (χ1) is 8.39. The zero-order chi connectivity index (χ0) is 13.6. The largest absolute Gasteiger partial charge is 0.316 e. The van der Waals surface area contributed by atoms with E-state index in [1.807, 2.05) is 6.92 Å². The third-order valence-electron chi connectivity index (χ3n) is 3.41. The van der Waals surface area contributed by atoms with Crippen molar-refractivity contribution in [3.05, 3.63) is 0 Å². The van der Waals surface area contributed by atoms with E-state index in [1.165, 1.54) is 0 Å². The molecule has 4 nitrogen and oxygen atoms in total. The highest BCUT2D eigenvalue weighted by molar-refractivity contribution is 7.89. The summed E-state index contributed by atoms with van der Waals surface area (Å²) in [5, 5.41) is 3.26. The molecule has 1 fully saturated rings. The van der Waals surface area contributed by atoms with Crippen LogP contribution in [0.1, 0.15) is 46.5 Å². The molecule has 5 heteroatoms. The minimum Gasteiger partial charge on any atom is -0.316 e. The van der Waals surface area contributed by atoms with Crippen LogP contribution in [0, 0.1) is 11.8 Å². The number of nitrogens with one attached hydrogen (secondary N) is 2. The van der Waals surface area contributed by atoms with Gasteiger partial charge in [0.05, 0.1) is 5.75 Å². The van der Waals surface area contributed by atoms with Crippen molar-refractivity contribution in [2.75, 3.05) is 18.8 Å². The van der Waals surface area contributed by atoms with Crippen LogP contribution in [-0.2, 0) is 10.0 Å². The van der Waals surface area contributed by atoms with Crippen LogP contribution in [0.2, 0.25) is 0 Å². The van der Waals surface area contributed by atoms with E-state index in [2.05, 4.69) is 23.9 Å². The molecule has 1 rings (SSSR count). The van der Waals surface area contributed by atoms with Gasteiger partial charge in [-0.25, -0.2) is 13.1 Å². The first-order valence-electron chi connectivity index (χ1n) is 7.10. The van der Waals surface area contributed by atoms with Gasteiger partial charge in [0.25, 0.3) is 0 Å². The average molecular weight is 276 g/mol. The van der Waals surface area contributed by atoms with Gasteiger partial charge in [-0.05, 0) is 57.5 Å². The van der Waals surface area contributed by atoms with Crippen LogP contribution in [0.3, 0.4) is 0 Å². The zero-order valence-corrected chi connectivity index (χ0v) is 12.7. The van der Waals surface area contributed by atoms with Gasteiger partial charge in [0.1, 0.15) is 0 Å². The molecule has 0 aromatic rings. The predicted octanol–water partition coefficient (Wildman–Crippen LogP) is 1.73. The lowest BCUT2D eigenvalue weighted by Crippen LogP contribution is -2.40. The maximum absolute atomic E-state index is 12.0. The van der Waals surface area contributed by atoms with Gasteiger partial charge in [0.15, 0.2) is 0 Å². The second kappa shape index (κ2) is 7.46. The van der Waals surface area contributed by atoms with E-state index >= 15 is 0 Å². The van der Waals surface area contributed by atoms with Gasteiger partial charge < -0.3 is 5.32 Å². The van der Waals surface area contributed by atoms with Gasteiger partial charge >= 0.3 is 0 Å². The summed E-state index contributed by atoms with van der Waals surface area (Å²) in [6.45, 7) is 8.14. The Morgan fingerprint density at radius 2 is 2.00 bits per heavy atom. The monoisotopic (exact) mass is 276 g/mol. The molecular weight excluding hydrogens is 248 g/mol. The van der Waals surface area contributed by atoms with Gasteiger partial charge in [0.2, 0.25) is 10.0 Å². The Kier molecular flexibility index (Phi) is 6.60. The molecule has 0 amide bonds. The second-order valence-corrected chi connectivity index (χ2v) is 7.78. The van der Waals surface area contributed by atoms with E-state index in [1.54, 1.807) is 0 Å². The van der Waals surface area contributed by atoms with Crippen molar-refractivity contribution in [1.82, 2.24) is 10.0 Å². The van der Waals surface area contributed by atoms with Crippen LogP contribution in [-0.4, -0.2) is 33.3 Å². The number of rotatable bonds is 7. The summed E-state index contributed by atoms with van der Waals surface area (Å²) in [6, 6.07) is 0.0500. The summed E-state index contributed by atoms with van der Waals surface area (Å²) >= 11 is 0. The van der Waals surface area contributed by atoms with Crippen LogP contribution < -0.4 is 10.0 Å². The molecule has 2 unspecified atom stereocenters. The van der Waals surface area contributed by atoms with Gasteiger partial charge in [-0.15, -0.1) is 0 Å². The normalized spacial score (nSPS) is 23.2. The fourth-order valence-electron chi connectivity index (χ4n) is 2.37. The Morgan fingerprint density at radius 1 is 1.28 bits per heavy atom. The quantitative estimate of drug-likeness (QED) is 0.744. The zero-order valence-electron chi connectivity index (χ0n) is 11.9. The topological polar surface area (TPSA) is 58.2 Å². The maximum Gasteiger partial charge on any atom is 0.212 e. The summed E-state index contributed by atoms with van der Waals surface area (Å²) in [5.41, 5.74) is 0. The van der Waals surface area contributed by atoms with E-state index in [9.17, 15) is 8.42 Å². The predicted molar refractivity (Wildman–Crippen MR) is 76.1 cm³/mol. The first-order valence-corrected chi connectivity index (χ1v) is 8.75. The fourth-order valence-corrected chi connectivity index (χ4v) is 4.11. The molecule has 1 aliphatic heterocycles. The minimum absolute atomic E-state index is 0.0500. The van der Waals surface area contributed by atoms with E-state index in [-0.39, 0.29) is 17.7 Å². The minimum atomic E-state index is -3.12. The molecule has 0 aliphatic carbocycles. The van der Waals surface area contributed by atoms with Crippen molar-refractivity contribution in [3.63, 3.8) is 0 Å². The van der Waals surface area contributed by atoms with Gasteiger partial charge in [-0.2, -0.15) is 0 Å². The molecule has 1 heterocycles. The van der Waals surface area contributed by atoms with Crippen LogP contribution >= 0.6 is 0 Å². The Morgan fingerprint density at radius 3 is 2.56 bits per heavy atom. The van der Waals surface area contributed by atoms with Crippen LogP contribution in [0.25, 0.3) is 0 Å². The average Bonchev–Trinajstić information content (AvgIpc) is 2.26. The number of piperidine rings is 1. The van der Waals surface area contributed by atoms with E-state index in [4.69, 9.17) is 0 Å². The lowest BCUT2D eigenvalue weighted by Gasteiger charge is -2.23. The standard InChI is InChI=1S/C13H28N2O2S/c1-11(2)6-7-12(3)15-18(16,17)10-13-5-4-8-14-9-13/h11-15H,4-10H2,1-3H3. The van der Waals surface area contributed by atoms with Crippen molar-refractivity contribution < 1.29 is 8.42 Å². The van der Waals surface area contributed by atoms with Crippen molar-refractivity contribution in [2.45, 2.75) is 52.5 Å². The van der Waals surface area contributed by atoms with Crippen molar-refractivity contribution in [3.8, 4) is 0 Å². The highest BCUT2D eigenvalue weighted by Crippen LogP contribution is 2.13. The first kappa shape index (κ1) is 15.9. The van der Waals surface area contributed by atoms with Gasteiger partial charge in [-0.3, -0.25) is 0 Å². The van der Waals surface area contributed by atoms with Crippen LogP contribution in [0.15, 0.2) is 0 Å². The summed E-state index contributed by atoms with van der Waals surface area (Å²) < 4.78 is 26.8. The third-order valence-corrected chi connectivity index (χ3v) is 5.08. The SMILES string of the molecule is CC(C)CCC(C)NS(=O)(=O)CC1CCCNC1. The second-order valence-electron chi connectivity index (χ2n) is 5.98. The lowest BCUT2D eigenvalue weighted by atomic mass is 10.0. The molecule has 0 radical (unpaired) electrons. The molecule has 2 N–H and O–H groups in total. The highest BCUT2D eigenvalue weighted by atomic mass is 32.2. The summed E-state index contributed by atoms with van der Waals surface area (Å²) in [6.07, 6.45) is 4.09. The number of hydrogen-bond acceptors (Lipinski definition) is 3. The van der Waals surface area contributed by atoms with Crippen molar-refractivity contribution >= 4 is 10.0 Å². The molecule has 0 saturated carbocycles. The molecule has 0 aromatic carbocycles. The number of sulfonamides is 1. The van der Waals surface area contributed by atoms with Crippen LogP contribution in [0.5, 0.6) is 0 Å². The molecule has 1 aliphatic rings. The highest BCUT2D eigenvalue weighted by Gasteiger charge is 2.22. The molecule has 2 atom stereocenters. The Bertz CT molecular complexity index is 322. The molecule has 108 valence electrons. The molecule has 0 spiro atoms. The Labute approximate surface area is 112 Å². The Balaban J connectivity index is 2.33. The summed E-state index contributed by atoms with van der Waals surface area (Å²) in [4.78, 5) is 0. The summed E-state index contributed by atoms with van der Waals surface area (Å²) in [7, 11) is -3.12. The van der Waals surface area contributed by atoms with Gasteiger partial charge in [-0.1, -0.05) is 13.8 Å². The molecule has 1 saturated heterocycles. The molecule has 0 aromatic heterocycles. The Hall–Kier alpha value is -0.130. The summed E-state index contributed by atoms with van der Waals surface area (Å²) in [5.74, 6) is 1.17. The van der Waals surface area contributed by atoms with E-state index in [0.717, 1.165) is 38.8 Å². The third kappa shape index (κ3) is 6.71. The van der Waals surface area contributed by atoms with Crippen molar-refractivity contribution in [2.24, 2.45) is 11.8 Å². The molecular formula is C13H28N2O2S. The maximum atomic E-state index is 12.0. The van der Waals surface area contributed by atoms with Crippen LogP contribution in [0.4, 0.5) is 0 Å². The number of hydrogen-bond donors (Lipinski definition) is 2. The van der Waals surface area contributed by atoms with E-state index < -0.39 is 10.0 Å². The van der Waals surface area contributed by atoms with E-state index in [0.29, 0.717) is 5.92 Å². The fraction of sp³-hybridized carbons (Fsp3) is 1.00. The smallest absolute Gasteiger partial charge is 0.212 e. The molecule has 18 heavy (non-hydrogen) atoms.